The van der Waals surface area contributed by atoms with Gasteiger partial charge in [0.2, 0.25) is 0 Å². The molecule has 0 aliphatic carbocycles. The average molecular weight is 345 g/mol. The van der Waals surface area contributed by atoms with Crippen molar-refractivity contribution in [2.45, 2.75) is 88.5 Å². The lowest BCUT2D eigenvalue weighted by Crippen LogP contribution is -2.34. The Kier molecular flexibility index (Phi) is 7.20. The first-order valence-corrected chi connectivity index (χ1v) is 9.41. The van der Waals surface area contributed by atoms with Gasteiger partial charge in [-0.1, -0.05) is 25.2 Å². The zero-order valence-electron chi connectivity index (χ0n) is 15.2. The van der Waals surface area contributed by atoms with Crippen molar-refractivity contribution >= 4 is 10.8 Å². The van der Waals surface area contributed by atoms with Crippen molar-refractivity contribution in [3.8, 4) is 0 Å². The van der Waals surface area contributed by atoms with E-state index >= 15 is 0 Å². The summed E-state index contributed by atoms with van der Waals surface area (Å²) < 4.78 is 23.8. The number of rotatable bonds is 7. The number of allylic oxidation sites excluding steroid dienone is 1. The van der Waals surface area contributed by atoms with E-state index in [1.165, 1.54) is 0 Å². The van der Waals surface area contributed by atoms with Crippen LogP contribution in [0.2, 0.25) is 0 Å². The zero-order valence-corrected chi connectivity index (χ0v) is 16.1. The zero-order chi connectivity index (χ0) is 17.8. The molecule has 0 aromatic carbocycles. The van der Waals surface area contributed by atoms with E-state index in [1.807, 2.05) is 53.7 Å². The predicted octanol–water partition coefficient (Wildman–Crippen LogP) is 3.33. The molecule has 0 saturated carbocycles. The monoisotopic (exact) mass is 344 g/mol. The van der Waals surface area contributed by atoms with Gasteiger partial charge >= 0.3 is 0 Å². The molecule has 1 aliphatic heterocycles. The largest absolute Gasteiger partial charge is 0.390 e. The van der Waals surface area contributed by atoms with E-state index in [2.05, 4.69) is 6.58 Å². The fraction of sp³-hybridized carbons (Fsp3) is 0.778. The molecule has 1 aliphatic rings. The van der Waals surface area contributed by atoms with Gasteiger partial charge in [-0.15, -0.1) is 6.58 Å². The van der Waals surface area contributed by atoms with Crippen molar-refractivity contribution in [2.75, 3.05) is 0 Å². The van der Waals surface area contributed by atoms with Crippen LogP contribution in [0.3, 0.4) is 0 Å². The molecule has 5 heteroatoms. The summed E-state index contributed by atoms with van der Waals surface area (Å²) in [6.45, 7) is 15.3. The van der Waals surface area contributed by atoms with Crippen molar-refractivity contribution in [2.24, 2.45) is 0 Å². The molecule has 0 bridgehead atoms. The van der Waals surface area contributed by atoms with Gasteiger partial charge in [0.25, 0.3) is 0 Å². The molecule has 23 heavy (non-hydrogen) atoms. The maximum atomic E-state index is 12.3. The number of hydrogen-bond donors (Lipinski definition) is 1. The van der Waals surface area contributed by atoms with Crippen LogP contribution in [-0.2, 0) is 20.3 Å². The van der Waals surface area contributed by atoms with Gasteiger partial charge < -0.3 is 14.6 Å². The lowest BCUT2D eigenvalue weighted by Gasteiger charge is -2.22. The van der Waals surface area contributed by atoms with E-state index in [0.29, 0.717) is 12.8 Å². The highest BCUT2D eigenvalue weighted by Crippen LogP contribution is 2.32. The Morgan fingerprint density at radius 2 is 1.91 bits per heavy atom. The molecule has 0 radical (unpaired) electrons. The van der Waals surface area contributed by atoms with Crippen LogP contribution in [0.5, 0.6) is 0 Å². The third-order valence-electron chi connectivity index (χ3n) is 3.71. The summed E-state index contributed by atoms with van der Waals surface area (Å²) in [5, 5.41) is 10.3. The lowest BCUT2D eigenvalue weighted by atomic mass is 10.0. The minimum atomic E-state index is -0.907. The Labute approximate surface area is 143 Å². The van der Waals surface area contributed by atoms with Crippen LogP contribution in [0, 0.1) is 0 Å². The Bertz CT molecular complexity index is 450. The molecule has 1 unspecified atom stereocenters. The minimum absolute atomic E-state index is 0.0677. The van der Waals surface area contributed by atoms with Crippen molar-refractivity contribution < 1.29 is 18.8 Å². The SMILES string of the molecule is C=CC[C@@H](O)[C@@H]1OC(C)(C)O[C@H]1/C=C\C[C@H](C)S(=O)C(C)(C)C. The van der Waals surface area contributed by atoms with Crippen molar-refractivity contribution in [1.82, 2.24) is 0 Å². The highest BCUT2D eigenvalue weighted by Gasteiger charge is 2.43. The third kappa shape index (κ3) is 6.14. The van der Waals surface area contributed by atoms with Crippen LogP contribution < -0.4 is 0 Å². The number of aliphatic hydroxyl groups excluding tert-OH is 1. The van der Waals surface area contributed by atoms with E-state index in [-0.39, 0.29) is 16.1 Å². The quantitative estimate of drug-likeness (QED) is 0.720. The van der Waals surface area contributed by atoms with Crippen LogP contribution in [0.1, 0.15) is 54.4 Å². The smallest absolute Gasteiger partial charge is 0.164 e. The second kappa shape index (κ2) is 8.06. The summed E-state index contributed by atoms with van der Waals surface area (Å²) in [6.07, 6.45) is 5.37. The van der Waals surface area contributed by atoms with Gasteiger partial charge in [-0.05, 0) is 47.5 Å². The topological polar surface area (TPSA) is 55.8 Å². The third-order valence-corrected chi connectivity index (χ3v) is 5.84. The van der Waals surface area contributed by atoms with E-state index in [0.717, 1.165) is 0 Å². The fourth-order valence-corrected chi connectivity index (χ4v) is 4.16. The molecule has 1 rings (SSSR count). The molecule has 1 N–H and O–H groups in total. The first kappa shape index (κ1) is 20.6. The summed E-state index contributed by atoms with van der Waals surface area (Å²) in [6, 6.07) is 0. The standard InChI is InChI=1S/C18H32O4S/c1-8-10-14(19)16-15(21-18(6,7)22-16)12-9-11-13(2)23(20)17(3,4)5/h8-9,12-16,19H,1,10-11H2,2-7H3/b12-9-/t13-,14+,15-,16-,23?/m0/s1. The molecule has 1 heterocycles. The molecule has 0 aromatic rings. The van der Waals surface area contributed by atoms with E-state index in [9.17, 15) is 9.32 Å². The van der Waals surface area contributed by atoms with E-state index in [1.54, 1.807) is 6.08 Å². The molecule has 0 amide bonds. The normalized spacial score (nSPS) is 28.7. The molecular weight excluding hydrogens is 312 g/mol. The van der Waals surface area contributed by atoms with Crippen molar-refractivity contribution in [3.63, 3.8) is 0 Å². The van der Waals surface area contributed by atoms with E-state index in [4.69, 9.17) is 9.47 Å². The highest BCUT2D eigenvalue weighted by atomic mass is 32.2. The first-order valence-electron chi connectivity index (χ1n) is 8.20. The maximum Gasteiger partial charge on any atom is 0.164 e. The van der Waals surface area contributed by atoms with Crippen LogP contribution >= 0.6 is 0 Å². The van der Waals surface area contributed by atoms with Crippen LogP contribution in [0.4, 0.5) is 0 Å². The molecular formula is C18H32O4S. The van der Waals surface area contributed by atoms with Gasteiger partial charge in [0, 0.05) is 20.8 Å². The minimum Gasteiger partial charge on any atom is -0.390 e. The molecule has 1 fully saturated rings. The van der Waals surface area contributed by atoms with Crippen molar-refractivity contribution in [3.05, 3.63) is 24.8 Å². The molecule has 5 atom stereocenters. The van der Waals surface area contributed by atoms with Gasteiger partial charge in [-0.2, -0.15) is 0 Å². The average Bonchev–Trinajstić information content (AvgIpc) is 2.72. The van der Waals surface area contributed by atoms with E-state index < -0.39 is 28.8 Å². The Morgan fingerprint density at radius 1 is 1.30 bits per heavy atom. The van der Waals surface area contributed by atoms with Crippen molar-refractivity contribution in [1.29, 1.82) is 0 Å². The predicted molar refractivity (Wildman–Crippen MR) is 95.8 cm³/mol. The van der Waals surface area contributed by atoms with Crippen LogP contribution in [0.15, 0.2) is 24.8 Å². The number of aliphatic hydroxyl groups is 1. The molecule has 0 spiro atoms. The van der Waals surface area contributed by atoms with Gasteiger partial charge in [0.15, 0.2) is 5.79 Å². The fourth-order valence-electron chi connectivity index (χ4n) is 2.66. The molecule has 4 nitrogen and oxygen atoms in total. The molecule has 1 saturated heterocycles. The Morgan fingerprint density at radius 3 is 2.43 bits per heavy atom. The summed E-state index contributed by atoms with van der Waals surface area (Å²) in [5.74, 6) is -0.721. The Hall–Kier alpha value is -0.490. The number of ether oxygens (including phenoxy) is 2. The molecule has 134 valence electrons. The number of hydrogen-bond acceptors (Lipinski definition) is 4. The van der Waals surface area contributed by atoms with Gasteiger partial charge in [-0.3, -0.25) is 4.21 Å². The molecule has 0 aromatic heterocycles. The summed E-state index contributed by atoms with van der Waals surface area (Å²) in [7, 11) is -0.907. The van der Waals surface area contributed by atoms with Gasteiger partial charge in [0.1, 0.15) is 12.2 Å². The Balaban J connectivity index is 2.69. The van der Waals surface area contributed by atoms with Crippen LogP contribution in [-0.4, -0.2) is 43.4 Å². The lowest BCUT2D eigenvalue weighted by molar-refractivity contribution is -0.153. The van der Waals surface area contributed by atoms with Crippen LogP contribution in [0.25, 0.3) is 0 Å². The highest BCUT2D eigenvalue weighted by molar-refractivity contribution is 7.87. The summed E-state index contributed by atoms with van der Waals surface area (Å²) in [5.41, 5.74) is 0. The van der Waals surface area contributed by atoms with Gasteiger partial charge in [-0.25, -0.2) is 0 Å². The summed E-state index contributed by atoms with van der Waals surface area (Å²) >= 11 is 0. The van der Waals surface area contributed by atoms with Gasteiger partial charge in [0.05, 0.1) is 6.10 Å². The second-order valence-corrected chi connectivity index (χ2v) is 10.2. The first-order chi connectivity index (χ1) is 10.5. The summed E-state index contributed by atoms with van der Waals surface area (Å²) in [4.78, 5) is 0. The second-order valence-electron chi connectivity index (χ2n) is 7.54. The maximum absolute atomic E-state index is 12.3.